The van der Waals surface area contributed by atoms with Gasteiger partial charge in [0.25, 0.3) is 0 Å². The Morgan fingerprint density at radius 2 is 1.86 bits per heavy atom. The van der Waals surface area contributed by atoms with Gasteiger partial charge < -0.3 is 5.11 Å². The highest BCUT2D eigenvalue weighted by Crippen LogP contribution is 2.28. The molecule has 0 spiro atoms. The third-order valence-corrected chi connectivity index (χ3v) is 2.64. The number of halogens is 3. The van der Waals surface area contributed by atoms with Gasteiger partial charge in [-0.3, -0.25) is 5.43 Å². The van der Waals surface area contributed by atoms with E-state index in [-0.39, 0.29) is 11.4 Å². The Balaban J connectivity index is 1.98. The van der Waals surface area contributed by atoms with E-state index < -0.39 is 17.7 Å². The first-order valence-corrected chi connectivity index (χ1v) is 6.02. The molecule has 0 amide bonds. The summed E-state index contributed by atoms with van der Waals surface area (Å²) in [6.07, 6.45) is -2.33. The zero-order chi connectivity index (χ0) is 16.2. The Morgan fingerprint density at radius 3 is 2.36 bits per heavy atom. The van der Waals surface area contributed by atoms with Gasteiger partial charge >= 0.3 is 12.1 Å². The fourth-order valence-corrected chi connectivity index (χ4v) is 1.51. The van der Waals surface area contributed by atoms with Crippen molar-refractivity contribution < 1.29 is 23.1 Å². The summed E-state index contributed by atoms with van der Waals surface area (Å²) < 4.78 is 37.1. The predicted octanol–water partition coefficient (Wildman–Crippen LogP) is 3.24. The summed E-state index contributed by atoms with van der Waals surface area (Å²) in [4.78, 5) is 14.3. The molecular formula is C14H10F3N3O2. The minimum Gasteiger partial charge on any atom is -0.478 e. The number of hydrogen-bond donors (Lipinski definition) is 2. The first kappa shape index (κ1) is 15.5. The molecule has 2 rings (SSSR count). The van der Waals surface area contributed by atoms with Crippen LogP contribution in [0, 0.1) is 0 Å². The number of pyridine rings is 1. The van der Waals surface area contributed by atoms with Gasteiger partial charge in [0.15, 0.2) is 0 Å². The van der Waals surface area contributed by atoms with Crippen LogP contribution < -0.4 is 5.43 Å². The maximum atomic E-state index is 12.4. The topological polar surface area (TPSA) is 74.6 Å². The zero-order valence-electron chi connectivity index (χ0n) is 11.0. The van der Waals surface area contributed by atoms with Gasteiger partial charge in [-0.1, -0.05) is 12.1 Å². The quantitative estimate of drug-likeness (QED) is 0.671. The number of aromatic carboxylic acids is 1. The van der Waals surface area contributed by atoms with E-state index in [0.717, 1.165) is 12.1 Å². The molecule has 0 atom stereocenters. The van der Waals surface area contributed by atoms with Gasteiger partial charge in [0.1, 0.15) is 5.82 Å². The summed E-state index contributed by atoms with van der Waals surface area (Å²) in [5.74, 6) is -0.873. The van der Waals surface area contributed by atoms with Gasteiger partial charge in [-0.05, 0) is 29.8 Å². The lowest BCUT2D eigenvalue weighted by Gasteiger charge is -2.06. The van der Waals surface area contributed by atoms with E-state index in [1.807, 2.05) is 0 Å². The number of aromatic nitrogens is 1. The highest BCUT2D eigenvalue weighted by Gasteiger charge is 2.30. The zero-order valence-corrected chi connectivity index (χ0v) is 11.0. The highest BCUT2D eigenvalue weighted by molar-refractivity contribution is 5.89. The Kier molecular flexibility index (Phi) is 4.40. The van der Waals surface area contributed by atoms with Crippen molar-refractivity contribution in [2.75, 3.05) is 5.43 Å². The molecule has 5 nitrogen and oxygen atoms in total. The molecular weight excluding hydrogens is 299 g/mol. The number of hydrogen-bond acceptors (Lipinski definition) is 4. The van der Waals surface area contributed by atoms with E-state index in [1.54, 1.807) is 12.1 Å². The predicted molar refractivity (Wildman–Crippen MR) is 73.9 cm³/mol. The molecule has 0 saturated heterocycles. The van der Waals surface area contributed by atoms with Crippen LogP contribution in [0.3, 0.4) is 0 Å². The average molecular weight is 309 g/mol. The molecule has 0 saturated carbocycles. The molecule has 8 heteroatoms. The number of rotatable bonds is 4. The van der Waals surface area contributed by atoms with Crippen molar-refractivity contribution in [1.29, 1.82) is 0 Å². The Labute approximate surface area is 123 Å². The minimum absolute atomic E-state index is 0.148. The summed E-state index contributed by atoms with van der Waals surface area (Å²) in [6.45, 7) is 0. The van der Waals surface area contributed by atoms with Crippen LogP contribution in [0.15, 0.2) is 47.7 Å². The summed E-state index contributed by atoms with van der Waals surface area (Å²) >= 11 is 0. The number of carbonyl (C=O) groups is 1. The maximum absolute atomic E-state index is 12.4. The SMILES string of the molecule is O=C(O)c1ccc(/C=N/Nc2ccc(C(F)(F)F)cn2)cc1. The first-order valence-electron chi connectivity index (χ1n) is 6.02. The van der Waals surface area contributed by atoms with Crippen molar-refractivity contribution >= 4 is 18.0 Å². The first-order chi connectivity index (χ1) is 10.4. The minimum atomic E-state index is -4.43. The number of alkyl halides is 3. The molecule has 1 aromatic heterocycles. The lowest BCUT2D eigenvalue weighted by atomic mass is 10.1. The van der Waals surface area contributed by atoms with Crippen LogP contribution in [0.5, 0.6) is 0 Å². The Bertz CT molecular complexity index is 680. The van der Waals surface area contributed by atoms with Gasteiger partial charge in [-0.15, -0.1) is 0 Å². The van der Waals surface area contributed by atoms with Crippen molar-refractivity contribution in [3.05, 3.63) is 59.3 Å². The molecule has 0 radical (unpaired) electrons. The molecule has 0 aliphatic rings. The Hall–Kier alpha value is -2.90. The lowest BCUT2D eigenvalue weighted by Crippen LogP contribution is -2.05. The van der Waals surface area contributed by atoms with Gasteiger partial charge in [0.05, 0.1) is 17.3 Å². The van der Waals surface area contributed by atoms with E-state index in [9.17, 15) is 18.0 Å². The van der Waals surface area contributed by atoms with Crippen LogP contribution in [-0.2, 0) is 6.18 Å². The van der Waals surface area contributed by atoms with Gasteiger partial charge in [0.2, 0.25) is 0 Å². The molecule has 0 aliphatic carbocycles. The third-order valence-electron chi connectivity index (χ3n) is 2.64. The molecule has 1 aromatic carbocycles. The second-order valence-electron chi connectivity index (χ2n) is 4.23. The number of nitrogens with one attached hydrogen (secondary N) is 1. The number of anilines is 1. The molecule has 114 valence electrons. The monoisotopic (exact) mass is 309 g/mol. The lowest BCUT2D eigenvalue weighted by molar-refractivity contribution is -0.137. The van der Waals surface area contributed by atoms with Gasteiger partial charge in [0, 0.05) is 6.20 Å². The maximum Gasteiger partial charge on any atom is 0.417 e. The number of carboxylic acid groups (broad SMARTS) is 1. The van der Waals surface area contributed by atoms with Crippen molar-refractivity contribution in [1.82, 2.24) is 4.98 Å². The molecule has 22 heavy (non-hydrogen) atoms. The molecule has 1 heterocycles. The van der Waals surface area contributed by atoms with Gasteiger partial charge in [-0.2, -0.15) is 18.3 Å². The largest absolute Gasteiger partial charge is 0.478 e. The summed E-state index contributed by atoms with van der Waals surface area (Å²) in [7, 11) is 0. The summed E-state index contributed by atoms with van der Waals surface area (Å²) in [5, 5.41) is 12.6. The number of carboxylic acids is 1. The van der Waals surface area contributed by atoms with E-state index >= 15 is 0 Å². The fourth-order valence-electron chi connectivity index (χ4n) is 1.51. The van der Waals surface area contributed by atoms with Crippen molar-refractivity contribution in [3.63, 3.8) is 0 Å². The summed E-state index contributed by atoms with van der Waals surface area (Å²) in [5.41, 5.74) is 2.42. The number of hydrazone groups is 1. The van der Waals surface area contributed by atoms with Crippen LogP contribution in [0.4, 0.5) is 19.0 Å². The average Bonchev–Trinajstić information content (AvgIpc) is 2.47. The van der Waals surface area contributed by atoms with Crippen molar-refractivity contribution in [3.8, 4) is 0 Å². The smallest absolute Gasteiger partial charge is 0.417 e. The molecule has 2 aromatic rings. The molecule has 0 unspecified atom stereocenters. The van der Waals surface area contributed by atoms with Crippen LogP contribution >= 0.6 is 0 Å². The van der Waals surface area contributed by atoms with Crippen LogP contribution in [0.25, 0.3) is 0 Å². The van der Waals surface area contributed by atoms with E-state index in [1.165, 1.54) is 18.3 Å². The highest BCUT2D eigenvalue weighted by atomic mass is 19.4. The molecule has 0 fully saturated rings. The normalized spacial score (nSPS) is 11.6. The summed E-state index contributed by atoms with van der Waals surface area (Å²) in [6, 6.07) is 7.99. The molecule has 0 aliphatic heterocycles. The second-order valence-corrected chi connectivity index (χ2v) is 4.23. The Morgan fingerprint density at radius 1 is 1.18 bits per heavy atom. The van der Waals surface area contributed by atoms with Crippen molar-refractivity contribution in [2.45, 2.75) is 6.18 Å². The van der Waals surface area contributed by atoms with Crippen LogP contribution in [0.1, 0.15) is 21.5 Å². The molecule has 0 bridgehead atoms. The fraction of sp³-hybridized carbons (Fsp3) is 0.0714. The van der Waals surface area contributed by atoms with E-state index in [4.69, 9.17) is 5.11 Å². The van der Waals surface area contributed by atoms with E-state index in [0.29, 0.717) is 11.8 Å². The second kappa shape index (κ2) is 6.25. The molecule has 2 N–H and O–H groups in total. The van der Waals surface area contributed by atoms with Crippen LogP contribution in [-0.4, -0.2) is 22.3 Å². The van der Waals surface area contributed by atoms with Crippen LogP contribution in [0.2, 0.25) is 0 Å². The number of nitrogens with zero attached hydrogens (tertiary/aromatic N) is 2. The van der Waals surface area contributed by atoms with E-state index in [2.05, 4.69) is 15.5 Å². The third kappa shape index (κ3) is 4.05. The standard InChI is InChI=1S/C14H10F3N3O2/c15-14(16,17)11-5-6-12(18-8-11)20-19-7-9-1-3-10(4-2-9)13(21)22/h1-8H,(H,18,20)(H,21,22)/b19-7+. The van der Waals surface area contributed by atoms with Gasteiger partial charge in [-0.25, -0.2) is 9.78 Å². The number of benzene rings is 1. The van der Waals surface area contributed by atoms with Crippen molar-refractivity contribution in [2.24, 2.45) is 5.10 Å².